The van der Waals surface area contributed by atoms with Gasteiger partial charge < -0.3 is 20.3 Å². The molecule has 1 aliphatic rings. The zero-order chi connectivity index (χ0) is 16.5. The topological polar surface area (TPSA) is 58.8 Å². The molecule has 1 saturated heterocycles. The second-order valence-corrected chi connectivity index (χ2v) is 6.18. The Labute approximate surface area is 139 Å². The van der Waals surface area contributed by atoms with Gasteiger partial charge in [-0.2, -0.15) is 0 Å². The molecule has 0 aromatic heterocycles. The standard InChI is InChI=1S/C18H29N3O2/c1-2-20(12-10-19)13-17-9-6-11-21(14-17)18(22)23-15-16-7-4-3-5-8-16/h3-5,7-8,17H,2,6,9-15,19H2,1H3/t17-/m1/s1. The predicted molar refractivity (Wildman–Crippen MR) is 92.1 cm³/mol. The Morgan fingerprint density at radius 2 is 2.17 bits per heavy atom. The van der Waals surface area contributed by atoms with Crippen LogP contribution in [0.4, 0.5) is 4.79 Å². The molecule has 23 heavy (non-hydrogen) atoms. The number of likely N-dealkylation sites (N-methyl/N-ethyl adjacent to an activating group) is 1. The monoisotopic (exact) mass is 319 g/mol. The number of rotatable bonds is 7. The van der Waals surface area contributed by atoms with Gasteiger partial charge in [0.05, 0.1) is 0 Å². The van der Waals surface area contributed by atoms with Crippen LogP contribution in [0.5, 0.6) is 0 Å². The minimum Gasteiger partial charge on any atom is -0.445 e. The van der Waals surface area contributed by atoms with Gasteiger partial charge in [-0.1, -0.05) is 37.3 Å². The highest BCUT2D eigenvalue weighted by molar-refractivity contribution is 5.67. The Balaban J connectivity index is 1.79. The first-order valence-electron chi connectivity index (χ1n) is 8.61. The lowest BCUT2D eigenvalue weighted by atomic mass is 9.97. The number of benzene rings is 1. The SMILES string of the molecule is CCN(CCN)C[C@H]1CCCN(C(=O)OCc2ccccc2)C1. The first-order chi connectivity index (χ1) is 11.2. The molecular weight excluding hydrogens is 290 g/mol. The van der Waals surface area contributed by atoms with Crippen molar-refractivity contribution in [1.29, 1.82) is 0 Å². The Hall–Kier alpha value is -1.59. The molecule has 1 aromatic rings. The second kappa shape index (κ2) is 9.53. The molecule has 2 N–H and O–H groups in total. The summed E-state index contributed by atoms with van der Waals surface area (Å²) in [5, 5.41) is 0. The average Bonchev–Trinajstić information content (AvgIpc) is 2.60. The Morgan fingerprint density at radius 3 is 2.87 bits per heavy atom. The van der Waals surface area contributed by atoms with E-state index in [1.54, 1.807) is 0 Å². The fourth-order valence-electron chi connectivity index (χ4n) is 3.12. The van der Waals surface area contributed by atoms with Crippen LogP contribution in [0.25, 0.3) is 0 Å². The predicted octanol–water partition coefficient (Wildman–Crippen LogP) is 2.32. The Bertz CT molecular complexity index is 467. The molecule has 0 bridgehead atoms. The van der Waals surface area contributed by atoms with E-state index in [1.807, 2.05) is 35.2 Å². The Morgan fingerprint density at radius 1 is 1.39 bits per heavy atom. The molecule has 0 unspecified atom stereocenters. The molecule has 5 nitrogen and oxygen atoms in total. The molecule has 1 atom stereocenters. The fraction of sp³-hybridized carbons (Fsp3) is 0.611. The third kappa shape index (κ3) is 5.84. The lowest BCUT2D eigenvalue weighted by Crippen LogP contribution is -2.44. The lowest BCUT2D eigenvalue weighted by molar-refractivity contribution is 0.0728. The number of piperidine rings is 1. The van der Waals surface area contributed by atoms with Crippen molar-refractivity contribution in [3.63, 3.8) is 0 Å². The smallest absolute Gasteiger partial charge is 0.410 e. The molecule has 1 aliphatic heterocycles. The van der Waals surface area contributed by atoms with Gasteiger partial charge in [0.25, 0.3) is 0 Å². The molecule has 2 rings (SSSR count). The van der Waals surface area contributed by atoms with E-state index in [-0.39, 0.29) is 6.09 Å². The van der Waals surface area contributed by atoms with Crippen LogP contribution in [-0.4, -0.2) is 55.2 Å². The molecule has 0 radical (unpaired) electrons. The third-order valence-corrected chi connectivity index (χ3v) is 4.39. The highest BCUT2D eigenvalue weighted by atomic mass is 16.6. The van der Waals surface area contributed by atoms with Gasteiger partial charge in [0.15, 0.2) is 0 Å². The quantitative estimate of drug-likeness (QED) is 0.838. The first kappa shape index (κ1) is 17.8. The number of carbonyl (C=O) groups is 1. The summed E-state index contributed by atoms with van der Waals surface area (Å²) in [7, 11) is 0. The summed E-state index contributed by atoms with van der Waals surface area (Å²) in [6.07, 6.45) is 2.02. The summed E-state index contributed by atoms with van der Waals surface area (Å²) in [5.41, 5.74) is 6.68. The Kier molecular flexibility index (Phi) is 7.36. The van der Waals surface area contributed by atoms with Crippen molar-refractivity contribution >= 4 is 6.09 Å². The van der Waals surface area contributed by atoms with Crippen LogP contribution < -0.4 is 5.73 Å². The summed E-state index contributed by atoms with van der Waals surface area (Å²) in [5.74, 6) is 0.513. The highest BCUT2D eigenvalue weighted by Gasteiger charge is 2.25. The van der Waals surface area contributed by atoms with Crippen LogP contribution in [0.1, 0.15) is 25.3 Å². The summed E-state index contributed by atoms with van der Waals surface area (Å²) in [6, 6.07) is 9.81. The molecular formula is C18H29N3O2. The van der Waals surface area contributed by atoms with Crippen molar-refractivity contribution in [2.45, 2.75) is 26.4 Å². The number of likely N-dealkylation sites (tertiary alicyclic amines) is 1. The van der Waals surface area contributed by atoms with Crippen LogP contribution in [0, 0.1) is 5.92 Å². The zero-order valence-corrected chi connectivity index (χ0v) is 14.1. The number of hydrogen-bond acceptors (Lipinski definition) is 4. The average molecular weight is 319 g/mol. The van der Waals surface area contributed by atoms with Gasteiger partial charge in [0.2, 0.25) is 0 Å². The van der Waals surface area contributed by atoms with Crippen molar-refractivity contribution in [2.75, 3.05) is 39.3 Å². The molecule has 128 valence electrons. The van der Waals surface area contributed by atoms with Crippen LogP contribution in [0.2, 0.25) is 0 Å². The molecule has 1 fully saturated rings. The van der Waals surface area contributed by atoms with E-state index >= 15 is 0 Å². The van der Waals surface area contributed by atoms with Crippen molar-refractivity contribution in [3.05, 3.63) is 35.9 Å². The van der Waals surface area contributed by atoms with E-state index < -0.39 is 0 Å². The first-order valence-corrected chi connectivity index (χ1v) is 8.61. The maximum absolute atomic E-state index is 12.3. The van der Waals surface area contributed by atoms with Crippen molar-refractivity contribution in [3.8, 4) is 0 Å². The molecule has 1 aromatic carbocycles. The number of hydrogen-bond donors (Lipinski definition) is 1. The zero-order valence-electron chi connectivity index (χ0n) is 14.1. The van der Waals surface area contributed by atoms with Crippen molar-refractivity contribution in [1.82, 2.24) is 9.80 Å². The minimum absolute atomic E-state index is 0.194. The van der Waals surface area contributed by atoms with E-state index in [0.717, 1.165) is 44.7 Å². The van der Waals surface area contributed by atoms with Crippen LogP contribution in [0.3, 0.4) is 0 Å². The van der Waals surface area contributed by atoms with Gasteiger partial charge in [-0.15, -0.1) is 0 Å². The van der Waals surface area contributed by atoms with Gasteiger partial charge in [-0.25, -0.2) is 4.79 Å². The van der Waals surface area contributed by atoms with Gasteiger partial charge >= 0.3 is 6.09 Å². The van der Waals surface area contributed by atoms with Crippen LogP contribution in [0.15, 0.2) is 30.3 Å². The van der Waals surface area contributed by atoms with E-state index in [4.69, 9.17) is 10.5 Å². The molecule has 0 spiro atoms. The number of ether oxygens (including phenoxy) is 1. The number of amides is 1. The van der Waals surface area contributed by atoms with E-state index in [9.17, 15) is 4.79 Å². The third-order valence-electron chi connectivity index (χ3n) is 4.39. The summed E-state index contributed by atoms with van der Waals surface area (Å²) in [6.45, 7) is 7.71. The van der Waals surface area contributed by atoms with Crippen molar-refractivity contribution < 1.29 is 9.53 Å². The normalized spacial score (nSPS) is 18.2. The number of nitrogens with two attached hydrogens (primary N) is 1. The second-order valence-electron chi connectivity index (χ2n) is 6.18. The molecule has 1 heterocycles. The van der Waals surface area contributed by atoms with Gasteiger partial charge in [0, 0.05) is 32.7 Å². The number of nitrogens with zero attached hydrogens (tertiary/aromatic N) is 2. The number of carbonyl (C=O) groups excluding carboxylic acids is 1. The molecule has 0 saturated carbocycles. The minimum atomic E-state index is -0.194. The maximum Gasteiger partial charge on any atom is 0.410 e. The molecule has 0 aliphatic carbocycles. The molecule has 5 heteroatoms. The van der Waals surface area contributed by atoms with E-state index in [2.05, 4.69) is 11.8 Å². The van der Waals surface area contributed by atoms with E-state index in [0.29, 0.717) is 19.1 Å². The van der Waals surface area contributed by atoms with E-state index in [1.165, 1.54) is 6.42 Å². The fourth-order valence-corrected chi connectivity index (χ4v) is 3.12. The maximum atomic E-state index is 12.3. The summed E-state index contributed by atoms with van der Waals surface area (Å²) >= 11 is 0. The van der Waals surface area contributed by atoms with Crippen LogP contribution >= 0.6 is 0 Å². The van der Waals surface area contributed by atoms with Crippen molar-refractivity contribution in [2.24, 2.45) is 11.7 Å². The molecule has 1 amide bonds. The lowest BCUT2D eigenvalue weighted by Gasteiger charge is -2.34. The van der Waals surface area contributed by atoms with Gasteiger partial charge in [-0.05, 0) is 30.9 Å². The summed E-state index contributed by atoms with van der Waals surface area (Å²) < 4.78 is 5.45. The highest BCUT2D eigenvalue weighted by Crippen LogP contribution is 2.18. The van der Waals surface area contributed by atoms with Gasteiger partial charge in [0.1, 0.15) is 6.61 Å². The summed E-state index contributed by atoms with van der Waals surface area (Å²) in [4.78, 5) is 16.5. The van der Waals surface area contributed by atoms with Crippen LogP contribution in [-0.2, 0) is 11.3 Å². The van der Waals surface area contributed by atoms with Gasteiger partial charge in [-0.3, -0.25) is 0 Å². The largest absolute Gasteiger partial charge is 0.445 e.